The second kappa shape index (κ2) is 2.45. The van der Waals surface area contributed by atoms with Gasteiger partial charge in [0.1, 0.15) is 6.42 Å². The van der Waals surface area contributed by atoms with Crippen LogP contribution in [0, 0.1) is 0 Å². The lowest BCUT2D eigenvalue weighted by molar-refractivity contribution is -0.151. The molecule has 0 bridgehead atoms. The Morgan fingerprint density at radius 3 is 2.42 bits per heavy atom. The van der Waals surface area contributed by atoms with Crippen LogP contribution in [0.25, 0.3) is 0 Å². The summed E-state index contributed by atoms with van der Waals surface area (Å²) in [6, 6.07) is -0.899. The molecule has 0 aromatic heterocycles. The van der Waals surface area contributed by atoms with Gasteiger partial charge in [0.15, 0.2) is 0 Å². The molecule has 7 heteroatoms. The van der Waals surface area contributed by atoms with Crippen molar-refractivity contribution < 1.29 is 24.6 Å². The maximum Gasteiger partial charge on any atom is 0.324 e. The molecular formula is C5H6N2O5. The first-order valence-electron chi connectivity index (χ1n) is 3.02. The number of aliphatic carboxylic acids is 1. The zero-order valence-electron chi connectivity index (χ0n) is 5.83. The average molecular weight is 174 g/mol. The first kappa shape index (κ1) is 8.47. The summed E-state index contributed by atoms with van der Waals surface area (Å²) in [5.41, 5.74) is -2.30. The van der Waals surface area contributed by atoms with Crippen molar-refractivity contribution >= 4 is 17.9 Å². The number of amides is 3. The number of hydrogen-bond donors (Lipinski definition) is 4. The number of urea groups is 1. The Balaban J connectivity index is 2.77. The van der Waals surface area contributed by atoms with Gasteiger partial charge in [0, 0.05) is 0 Å². The fraction of sp³-hybridized carbons (Fsp3) is 0.400. The first-order valence-corrected chi connectivity index (χ1v) is 3.02. The van der Waals surface area contributed by atoms with E-state index in [0.717, 1.165) is 0 Å². The highest BCUT2D eigenvalue weighted by Crippen LogP contribution is 2.10. The molecule has 4 N–H and O–H groups in total. The summed E-state index contributed by atoms with van der Waals surface area (Å²) >= 11 is 0. The molecule has 0 aromatic rings. The van der Waals surface area contributed by atoms with Crippen LogP contribution in [0.4, 0.5) is 4.79 Å². The molecule has 1 heterocycles. The van der Waals surface area contributed by atoms with Gasteiger partial charge in [-0.1, -0.05) is 0 Å². The van der Waals surface area contributed by atoms with Crippen LogP contribution < -0.4 is 10.6 Å². The number of carboxylic acid groups (broad SMARTS) is 1. The Morgan fingerprint density at radius 2 is 2.08 bits per heavy atom. The second-order valence-corrected chi connectivity index (χ2v) is 2.34. The number of aliphatic hydroxyl groups is 1. The number of carbonyl (C=O) groups is 3. The smallest absolute Gasteiger partial charge is 0.324 e. The van der Waals surface area contributed by atoms with Gasteiger partial charge in [0.25, 0.3) is 5.91 Å². The van der Waals surface area contributed by atoms with Gasteiger partial charge >= 0.3 is 12.0 Å². The summed E-state index contributed by atoms with van der Waals surface area (Å²) in [6.45, 7) is 0. The lowest BCUT2D eigenvalue weighted by Crippen LogP contribution is -2.48. The molecule has 12 heavy (non-hydrogen) atoms. The van der Waals surface area contributed by atoms with E-state index in [4.69, 9.17) is 5.11 Å². The zero-order valence-corrected chi connectivity index (χ0v) is 5.83. The zero-order chi connectivity index (χ0) is 9.35. The van der Waals surface area contributed by atoms with Gasteiger partial charge in [-0.25, -0.2) is 4.79 Å². The minimum atomic E-state index is -2.30. The van der Waals surface area contributed by atoms with Crippen molar-refractivity contribution in [1.82, 2.24) is 10.6 Å². The molecule has 1 unspecified atom stereocenters. The van der Waals surface area contributed by atoms with Crippen LogP contribution in [0.2, 0.25) is 0 Å². The summed E-state index contributed by atoms with van der Waals surface area (Å²) in [7, 11) is 0. The topological polar surface area (TPSA) is 116 Å². The highest BCUT2D eigenvalue weighted by atomic mass is 16.4. The van der Waals surface area contributed by atoms with E-state index >= 15 is 0 Å². The van der Waals surface area contributed by atoms with Crippen molar-refractivity contribution in [2.75, 3.05) is 0 Å². The Bertz CT molecular complexity index is 263. The van der Waals surface area contributed by atoms with E-state index in [1.54, 1.807) is 10.6 Å². The predicted octanol–water partition coefficient (Wildman–Crippen LogP) is -2.01. The average Bonchev–Trinajstić information content (AvgIpc) is 2.04. The second-order valence-electron chi connectivity index (χ2n) is 2.34. The van der Waals surface area contributed by atoms with Gasteiger partial charge in [0.2, 0.25) is 5.72 Å². The number of carboxylic acids is 1. The summed E-state index contributed by atoms with van der Waals surface area (Å²) in [6.07, 6.45) is -0.857. The van der Waals surface area contributed by atoms with Crippen LogP contribution in [0.1, 0.15) is 6.42 Å². The maximum absolute atomic E-state index is 10.7. The Kier molecular flexibility index (Phi) is 1.73. The Morgan fingerprint density at radius 1 is 1.50 bits per heavy atom. The van der Waals surface area contributed by atoms with E-state index in [-0.39, 0.29) is 0 Å². The third-order valence-corrected chi connectivity index (χ3v) is 1.33. The fourth-order valence-electron chi connectivity index (χ4n) is 0.826. The van der Waals surface area contributed by atoms with Crippen LogP contribution in [0.5, 0.6) is 0 Å². The molecule has 1 aliphatic heterocycles. The molecule has 1 atom stereocenters. The highest BCUT2D eigenvalue weighted by molar-refractivity contribution is 6.07. The molecule has 0 saturated carbocycles. The van der Waals surface area contributed by atoms with E-state index in [9.17, 15) is 19.5 Å². The molecular weight excluding hydrogens is 168 g/mol. The number of carbonyl (C=O) groups excluding carboxylic acids is 2. The van der Waals surface area contributed by atoms with Gasteiger partial charge in [-0.3, -0.25) is 14.9 Å². The van der Waals surface area contributed by atoms with Crippen molar-refractivity contribution in [3.05, 3.63) is 0 Å². The van der Waals surface area contributed by atoms with Gasteiger partial charge < -0.3 is 15.5 Å². The molecule has 66 valence electrons. The SMILES string of the molecule is O=C(O)CC1(O)NC(=O)NC1=O. The first-order chi connectivity index (χ1) is 5.44. The van der Waals surface area contributed by atoms with E-state index < -0.39 is 30.1 Å². The molecule has 0 aromatic carbocycles. The lowest BCUT2D eigenvalue weighted by Gasteiger charge is -2.15. The van der Waals surface area contributed by atoms with Crippen LogP contribution in [0.15, 0.2) is 0 Å². The van der Waals surface area contributed by atoms with Crippen molar-refractivity contribution in [3.63, 3.8) is 0 Å². The van der Waals surface area contributed by atoms with Crippen LogP contribution in [0.3, 0.4) is 0 Å². The van der Waals surface area contributed by atoms with Gasteiger partial charge in [-0.05, 0) is 0 Å². The molecule has 0 spiro atoms. The van der Waals surface area contributed by atoms with Crippen LogP contribution in [-0.2, 0) is 9.59 Å². The predicted molar refractivity (Wildman–Crippen MR) is 33.9 cm³/mol. The highest BCUT2D eigenvalue weighted by Gasteiger charge is 2.46. The molecule has 1 aliphatic rings. The largest absolute Gasteiger partial charge is 0.481 e. The van der Waals surface area contributed by atoms with E-state index in [1.165, 1.54) is 0 Å². The van der Waals surface area contributed by atoms with Gasteiger partial charge in [-0.2, -0.15) is 0 Å². The van der Waals surface area contributed by atoms with Crippen molar-refractivity contribution in [2.45, 2.75) is 12.1 Å². The Hall–Kier alpha value is -1.63. The molecule has 7 nitrogen and oxygen atoms in total. The van der Waals surface area contributed by atoms with Crippen molar-refractivity contribution in [2.24, 2.45) is 0 Å². The van der Waals surface area contributed by atoms with Crippen LogP contribution >= 0.6 is 0 Å². The quantitative estimate of drug-likeness (QED) is 0.361. The molecule has 0 radical (unpaired) electrons. The summed E-state index contributed by atoms with van der Waals surface area (Å²) in [5, 5.41) is 20.9. The minimum Gasteiger partial charge on any atom is -0.481 e. The third kappa shape index (κ3) is 1.35. The van der Waals surface area contributed by atoms with Crippen molar-refractivity contribution in [3.8, 4) is 0 Å². The summed E-state index contributed by atoms with van der Waals surface area (Å²) in [4.78, 5) is 31.3. The molecule has 1 fully saturated rings. The Labute approximate surface area is 66.4 Å². The van der Waals surface area contributed by atoms with E-state index in [2.05, 4.69) is 0 Å². The molecule has 0 aliphatic carbocycles. The summed E-state index contributed by atoms with van der Waals surface area (Å²) in [5.74, 6) is -2.43. The number of rotatable bonds is 2. The minimum absolute atomic E-state index is 0.857. The van der Waals surface area contributed by atoms with E-state index in [0.29, 0.717) is 0 Å². The van der Waals surface area contributed by atoms with Gasteiger partial charge in [-0.15, -0.1) is 0 Å². The summed E-state index contributed by atoms with van der Waals surface area (Å²) < 4.78 is 0. The fourth-order valence-corrected chi connectivity index (χ4v) is 0.826. The molecule has 3 amide bonds. The van der Waals surface area contributed by atoms with Crippen LogP contribution in [-0.4, -0.2) is 33.8 Å². The normalized spacial score (nSPS) is 28.1. The number of hydrogen-bond acceptors (Lipinski definition) is 4. The third-order valence-electron chi connectivity index (χ3n) is 1.33. The molecule has 1 saturated heterocycles. The van der Waals surface area contributed by atoms with Crippen molar-refractivity contribution in [1.29, 1.82) is 0 Å². The number of nitrogens with one attached hydrogen (secondary N) is 2. The monoisotopic (exact) mass is 174 g/mol. The molecule has 1 rings (SSSR count). The maximum atomic E-state index is 10.7. The number of imide groups is 1. The standard InChI is InChI=1S/C5H6N2O5/c8-2(9)1-5(12)3(10)6-4(11)7-5/h12H,1H2,(H,8,9)(H2,6,7,10,11). The van der Waals surface area contributed by atoms with Gasteiger partial charge in [0.05, 0.1) is 0 Å². The van der Waals surface area contributed by atoms with E-state index in [1.807, 2.05) is 0 Å². The lowest BCUT2D eigenvalue weighted by atomic mass is 10.1.